The molecule has 0 aromatic carbocycles. The van der Waals surface area contributed by atoms with Crippen molar-refractivity contribution >= 4 is 17.4 Å². The summed E-state index contributed by atoms with van der Waals surface area (Å²) in [4.78, 5) is 21.5. The minimum absolute atomic E-state index is 0.0541. The normalized spacial score (nSPS) is 12.1. The average Bonchev–Trinajstić information content (AvgIpc) is 2.28. The molecule has 2 heterocycles. The van der Waals surface area contributed by atoms with E-state index in [1.807, 2.05) is 25.1 Å². The second-order valence-corrected chi connectivity index (χ2v) is 3.95. The lowest BCUT2D eigenvalue weighted by atomic mass is 10.2. The fourth-order valence-electron chi connectivity index (χ4n) is 1.43. The molecule has 0 radical (unpaired) electrons. The topological polar surface area (TPSA) is 70.7 Å². The van der Waals surface area contributed by atoms with Crippen LogP contribution in [0.2, 0.25) is 5.15 Å². The van der Waals surface area contributed by atoms with Crippen molar-refractivity contribution in [2.45, 2.75) is 13.0 Å². The van der Waals surface area contributed by atoms with Crippen molar-refractivity contribution in [1.82, 2.24) is 15.0 Å². The molecule has 17 heavy (non-hydrogen) atoms. The summed E-state index contributed by atoms with van der Waals surface area (Å²) in [5, 5.41) is 3.31. The Balaban J connectivity index is 2.18. The van der Waals surface area contributed by atoms with Crippen LogP contribution < -0.4 is 11.0 Å². The van der Waals surface area contributed by atoms with Crippen molar-refractivity contribution in [3.8, 4) is 0 Å². The SMILES string of the molecule is C[C@H](Nc1cc(Cl)[nH]c(=O)n1)c1ccccn1. The minimum atomic E-state index is -0.478. The molecule has 0 aliphatic carbocycles. The number of aromatic amines is 1. The van der Waals surface area contributed by atoms with E-state index in [-0.39, 0.29) is 11.2 Å². The van der Waals surface area contributed by atoms with E-state index < -0.39 is 5.69 Å². The third-order valence-corrected chi connectivity index (χ3v) is 2.41. The molecule has 0 aliphatic heterocycles. The molecule has 0 spiro atoms. The first-order valence-electron chi connectivity index (χ1n) is 5.09. The van der Waals surface area contributed by atoms with E-state index >= 15 is 0 Å². The maximum atomic E-state index is 11.1. The van der Waals surface area contributed by atoms with Gasteiger partial charge < -0.3 is 5.32 Å². The first-order valence-corrected chi connectivity index (χ1v) is 5.47. The van der Waals surface area contributed by atoms with Crippen LogP contribution in [0.1, 0.15) is 18.7 Å². The number of nitrogens with one attached hydrogen (secondary N) is 2. The molecular weight excluding hydrogens is 240 g/mol. The van der Waals surface area contributed by atoms with Crippen molar-refractivity contribution in [2.24, 2.45) is 0 Å². The number of nitrogens with zero attached hydrogens (tertiary/aromatic N) is 2. The summed E-state index contributed by atoms with van der Waals surface area (Å²) < 4.78 is 0. The molecule has 2 N–H and O–H groups in total. The van der Waals surface area contributed by atoms with Crippen LogP contribution in [0.3, 0.4) is 0 Å². The van der Waals surface area contributed by atoms with E-state index in [4.69, 9.17) is 11.6 Å². The first-order chi connectivity index (χ1) is 8.15. The van der Waals surface area contributed by atoms with Crippen LogP contribution >= 0.6 is 11.6 Å². The van der Waals surface area contributed by atoms with E-state index in [2.05, 4.69) is 20.3 Å². The third kappa shape index (κ3) is 3.04. The van der Waals surface area contributed by atoms with Crippen LogP contribution in [0.15, 0.2) is 35.3 Å². The Morgan fingerprint density at radius 2 is 2.29 bits per heavy atom. The Labute approximate surface area is 103 Å². The smallest absolute Gasteiger partial charge is 0.347 e. The van der Waals surface area contributed by atoms with Gasteiger partial charge in [0.1, 0.15) is 11.0 Å². The Morgan fingerprint density at radius 1 is 1.47 bits per heavy atom. The minimum Gasteiger partial charge on any atom is -0.362 e. The summed E-state index contributed by atoms with van der Waals surface area (Å²) in [5.41, 5.74) is 0.388. The van der Waals surface area contributed by atoms with Crippen molar-refractivity contribution in [2.75, 3.05) is 5.32 Å². The van der Waals surface area contributed by atoms with Crippen LogP contribution in [0.25, 0.3) is 0 Å². The standard InChI is InChI=1S/C11H11ClN4O/c1-7(8-4-2-3-5-13-8)14-10-6-9(12)15-11(17)16-10/h2-7H,1H3,(H2,14,15,16,17)/t7-/m0/s1. The van der Waals surface area contributed by atoms with E-state index in [0.29, 0.717) is 5.82 Å². The zero-order chi connectivity index (χ0) is 12.3. The molecule has 0 aliphatic rings. The lowest BCUT2D eigenvalue weighted by molar-refractivity contribution is 0.827. The molecule has 0 unspecified atom stereocenters. The first kappa shape index (κ1) is 11.6. The predicted molar refractivity (Wildman–Crippen MR) is 66.1 cm³/mol. The lowest BCUT2D eigenvalue weighted by Crippen LogP contribution is -2.16. The molecule has 0 amide bonds. The van der Waals surface area contributed by atoms with Gasteiger partial charge in [0.25, 0.3) is 0 Å². The monoisotopic (exact) mass is 250 g/mol. The average molecular weight is 251 g/mol. The van der Waals surface area contributed by atoms with Gasteiger partial charge in [0.2, 0.25) is 0 Å². The summed E-state index contributed by atoms with van der Waals surface area (Å²) in [6, 6.07) is 7.15. The molecule has 0 fully saturated rings. The Bertz CT molecular complexity index is 555. The molecule has 2 aromatic heterocycles. The molecule has 2 rings (SSSR count). The highest BCUT2D eigenvalue weighted by Crippen LogP contribution is 2.15. The van der Waals surface area contributed by atoms with Gasteiger partial charge in [-0.1, -0.05) is 17.7 Å². The number of rotatable bonds is 3. The summed E-state index contributed by atoms with van der Waals surface area (Å²) >= 11 is 5.73. The molecule has 1 atom stereocenters. The molecule has 6 heteroatoms. The number of H-pyrrole nitrogens is 1. The van der Waals surface area contributed by atoms with Crippen molar-refractivity contribution < 1.29 is 0 Å². The molecule has 88 valence electrons. The van der Waals surface area contributed by atoms with E-state index in [1.54, 1.807) is 12.3 Å². The molecule has 0 bridgehead atoms. The van der Waals surface area contributed by atoms with Crippen LogP contribution in [0, 0.1) is 0 Å². The highest BCUT2D eigenvalue weighted by molar-refractivity contribution is 6.29. The highest BCUT2D eigenvalue weighted by atomic mass is 35.5. The number of anilines is 1. The van der Waals surface area contributed by atoms with Crippen LogP contribution in [-0.4, -0.2) is 15.0 Å². The van der Waals surface area contributed by atoms with E-state index in [1.165, 1.54) is 0 Å². The van der Waals surface area contributed by atoms with Gasteiger partial charge in [-0.25, -0.2) is 4.79 Å². The summed E-state index contributed by atoms with van der Waals surface area (Å²) in [5.74, 6) is 0.428. The zero-order valence-electron chi connectivity index (χ0n) is 9.14. The number of hydrogen-bond donors (Lipinski definition) is 2. The van der Waals surface area contributed by atoms with E-state index in [0.717, 1.165) is 5.69 Å². The Kier molecular flexibility index (Phi) is 3.39. The fraction of sp³-hybridized carbons (Fsp3) is 0.182. The molecule has 5 nitrogen and oxygen atoms in total. The summed E-state index contributed by atoms with van der Waals surface area (Å²) in [6.07, 6.45) is 1.71. The molecule has 2 aromatic rings. The molecular formula is C11H11ClN4O. The van der Waals surface area contributed by atoms with Gasteiger partial charge in [-0.05, 0) is 19.1 Å². The van der Waals surface area contributed by atoms with Gasteiger partial charge in [-0.15, -0.1) is 0 Å². The number of pyridine rings is 1. The van der Waals surface area contributed by atoms with Gasteiger partial charge in [0.05, 0.1) is 11.7 Å². The maximum absolute atomic E-state index is 11.1. The van der Waals surface area contributed by atoms with Crippen LogP contribution in [-0.2, 0) is 0 Å². The fourth-order valence-corrected chi connectivity index (χ4v) is 1.61. The van der Waals surface area contributed by atoms with Gasteiger partial charge >= 0.3 is 5.69 Å². The molecule has 0 saturated carbocycles. The van der Waals surface area contributed by atoms with Crippen LogP contribution in [0.5, 0.6) is 0 Å². The van der Waals surface area contributed by atoms with Gasteiger partial charge in [0, 0.05) is 12.3 Å². The summed E-state index contributed by atoms with van der Waals surface area (Å²) in [6.45, 7) is 1.93. The van der Waals surface area contributed by atoms with E-state index in [9.17, 15) is 4.79 Å². The number of aromatic nitrogens is 3. The Hall–Kier alpha value is -1.88. The number of hydrogen-bond acceptors (Lipinski definition) is 4. The predicted octanol–water partition coefficient (Wildman–Crippen LogP) is 1.99. The van der Waals surface area contributed by atoms with Crippen molar-refractivity contribution in [3.63, 3.8) is 0 Å². The maximum Gasteiger partial charge on any atom is 0.347 e. The number of halogens is 1. The van der Waals surface area contributed by atoms with Gasteiger partial charge in [-0.2, -0.15) is 4.98 Å². The third-order valence-electron chi connectivity index (χ3n) is 2.21. The molecule has 0 saturated heterocycles. The van der Waals surface area contributed by atoms with Crippen LogP contribution in [0.4, 0.5) is 5.82 Å². The van der Waals surface area contributed by atoms with Gasteiger partial charge in [0.15, 0.2) is 0 Å². The van der Waals surface area contributed by atoms with Crippen molar-refractivity contribution in [1.29, 1.82) is 0 Å². The van der Waals surface area contributed by atoms with Gasteiger partial charge in [-0.3, -0.25) is 9.97 Å². The second-order valence-electron chi connectivity index (χ2n) is 3.54. The largest absolute Gasteiger partial charge is 0.362 e. The highest BCUT2D eigenvalue weighted by Gasteiger charge is 2.07. The quantitative estimate of drug-likeness (QED) is 0.818. The zero-order valence-corrected chi connectivity index (χ0v) is 9.90. The summed E-state index contributed by atoms with van der Waals surface area (Å²) in [7, 11) is 0. The van der Waals surface area contributed by atoms with Crippen molar-refractivity contribution in [3.05, 3.63) is 51.8 Å². The Morgan fingerprint density at radius 3 is 2.94 bits per heavy atom. The second kappa shape index (κ2) is 4.97. The lowest BCUT2D eigenvalue weighted by Gasteiger charge is -2.13.